The van der Waals surface area contributed by atoms with Crippen LogP contribution in [-0.2, 0) is 28.5 Å². The summed E-state index contributed by atoms with van der Waals surface area (Å²) in [7, 11) is 3.99. The second kappa shape index (κ2) is 14.0. The van der Waals surface area contributed by atoms with Gasteiger partial charge in [0.15, 0.2) is 6.10 Å². The Labute approximate surface area is 269 Å². The lowest BCUT2D eigenvalue weighted by Crippen LogP contribution is -2.52. The highest BCUT2D eigenvalue weighted by molar-refractivity contribution is 9.10. The van der Waals surface area contributed by atoms with Crippen LogP contribution in [0.4, 0.5) is 28.4 Å². The second-order valence-electron chi connectivity index (χ2n) is 12.2. The van der Waals surface area contributed by atoms with E-state index in [9.17, 15) is 27.6 Å². The quantitative estimate of drug-likeness (QED) is 0.425. The summed E-state index contributed by atoms with van der Waals surface area (Å²) in [6.45, 7) is 2.27. The highest BCUT2D eigenvalue weighted by atomic mass is 79.9. The molecule has 3 aliphatic rings. The van der Waals surface area contributed by atoms with Crippen molar-refractivity contribution in [1.29, 1.82) is 0 Å². The highest BCUT2D eigenvalue weighted by Gasteiger charge is 2.37. The number of para-hydroxylation sites is 1. The molecule has 0 radical (unpaired) electrons. The van der Waals surface area contributed by atoms with Crippen LogP contribution < -0.4 is 5.32 Å². The largest absolute Gasteiger partial charge is 0.436 e. The zero-order chi connectivity index (χ0) is 32.3. The van der Waals surface area contributed by atoms with Gasteiger partial charge < -0.3 is 29.7 Å². The first-order valence-electron chi connectivity index (χ1n) is 15.3. The van der Waals surface area contributed by atoms with Crippen LogP contribution in [0.3, 0.4) is 0 Å². The Kier molecular flexibility index (Phi) is 10.3. The van der Waals surface area contributed by atoms with Crippen LogP contribution >= 0.6 is 15.9 Å². The summed E-state index contributed by atoms with van der Waals surface area (Å²) >= 11 is 3.01. The van der Waals surface area contributed by atoms with E-state index in [4.69, 9.17) is 4.74 Å². The number of carbonyl (C=O) groups is 3. The summed E-state index contributed by atoms with van der Waals surface area (Å²) in [5, 5.41) is 2.99. The Balaban J connectivity index is 1.24. The molecule has 3 aliphatic heterocycles. The number of alkyl halides is 3. The number of likely N-dealkylation sites (tertiary alicyclic amines) is 2. The lowest BCUT2D eigenvalue weighted by atomic mass is 10.0. The van der Waals surface area contributed by atoms with E-state index in [1.807, 2.05) is 43.3 Å². The molecule has 0 aliphatic carbocycles. The standard InChI is InChI=1S/C32H39BrF3N5O4/c1-38(2)23-10-14-39(15-11-23)29(42)28(20-21-7-8-25(26(33)19-21)32(34,35)36)45-31(44)40-16-12-24(13-17-40)41-18-9-22-5-3-4-6-27(22)37-30(41)43/h3-8,19,23-24,28H,9-18,20H2,1-2H3,(H,37,43)/t28-/m1/s1. The van der Waals surface area contributed by atoms with Crippen molar-refractivity contribution < 1.29 is 32.3 Å². The normalized spacial score (nSPS) is 19.2. The number of anilines is 1. The summed E-state index contributed by atoms with van der Waals surface area (Å²) in [5.41, 5.74) is 1.52. The molecule has 0 saturated carbocycles. The van der Waals surface area contributed by atoms with Crippen molar-refractivity contribution >= 4 is 39.6 Å². The van der Waals surface area contributed by atoms with Crippen molar-refractivity contribution in [3.63, 3.8) is 0 Å². The third-order valence-corrected chi connectivity index (χ3v) is 9.75. The Morgan fingerprint density at radius 1 is 1.00 bits per heavy atom. The molecular weight excluding hydrogens is 655 g/mol. The number of carbonyl (C=O) groups excluding carboxylic acids is 3. The number of urea groups is 1. The maximum absolute atomic E-state index is 13.7. The van der Waals surface area contributed by atoms with E-state index < -0.39 is 23.9 Å². The van der Waals surface area contributed by atoms with Crippen LogP contribution in [-0.4, -0.2) is 103 Å². The third-order valence-electron chi connectivity index (χ3n) is 9.09. The van der Waals surface area contributed by atoms with Crippen molar-refractivity contribution in [2.45, 2.75) is 62.9 Å². The van der Waals surface area contributed by atoms with E-state index in [0.717, 1.165) is 36.6 Å². The van der Waals surface area contributed by atoms with E-state index in [1.165, 1.54) is 12.1 Å². The molecule has 4 amide bonds. The van der Waals surface area contributed by atoms with Gasteiger partial charge in [-0.05, 0) is 75.5 Å². The van der Waals surface area contributed by atoms with Gasteiger partial charge in [-0.3, -0.25) is 4.79 Å². The molecule has 244 valence electrons. The summed E-state index contributed by atoms with van der Waals surface area (Å²) < 4.78 is 45.7. The van der Waals surface area contributed by atoms with Crippen molar-refractivity contribution in [1.82, 2.24) is 19.6 Å². The first-order valence-corrected chi connectivity index (χ1v) is 16.1. The van der Waals surface area contributed by atoms with Gasteiger partial charge in [0, 0.05) is 61.4 Å². The lowest BCUT2D eigenvalue weighted by Gasteiger charge is -2.38. The summed E-state index contributed by atoms with van der Waals surface area (Å²) in [4.78, 5) is 47.3. The summed E-state index contributed by atoms with van der Waals surface area (Å²) in [6, 6.07) is 11.5. The number of ether oxygens (including phenoxy) is 1. The molecular formula is C32H39BrF3N5O4. The van der Waals surface area contributed by atoms with Crippen molar-refractivity contribution in [3.8, 4) is 0 Å². The number of hydrogen-bond donors (Lipinski definition) is 1. The summed E-state index contributed by atoms with van der Waals surface area (Å²) in [5.74, 6) is -0.354. The molecule has 0 aromatic heterocycles. The third kappa shape index (κ3) is 7.92. The van der Waals surface area contributed by atoms with Crippen molar-refractivity contribution in [2.24, 2.45) is 0 Å². The average Bonchev–Trinajstić information content (AvgIpc) is 3.18. The molecule has 2 aromatic carbocycles. The van der Waals surface area contributed by atoms with Crippen LogP contribution in [0.25, 0.3) is 0 Å². The Morgan fingerprint density at radius 2 is 1.67 bits per heavy atom. The smallest absolute Gasteiger partial charge is 0.417 e. The van der Waals surface area contributed by atoms with E-state index in [1.54, 1.807) is 9.80 Å². The van der Waals surface area contributed by atoms with E-state index >= 15 is 0 Å². The van der Waals surface area contributed by atoms with E-state index in [-0.39, 0.29) is 28.9 Å². The van der Waals surface area contributed by atoms with Crippen LogP contribution in [0.2, 0.25) is 0 Å². The zero-order valence-corrected chi connectivity index (χ0v) is 27.1. The minimum Gasteiger partial charge on any atom is -0.436 e. The molecule has 13 heteroatoms. The SMILES string of the molecule is CN(C)C1CCN(C(=O)[C@@H](Cc2ccc(C(F)(F)F)c(Br)c2)OC(=O)N2CCC(N3CCc4ccccc4NC3=O)CC2)CC1. The fraction of sp³-hybridized carbons (Fsp3) is 0.531. The lowest BCUT2D eigenvalue weighted by molar-refractivity contribution is -0.142. The van der Waals surface area contributed by atoms with Gasteiger partial charge in [-0.1, -0.05) is 40.2 Å². The fourth-order valence-electron chi connectivity index (χ4n) is 6.41. The van der Waals surface area contributed by atoms with Crippen molar-refractivity contribution in [3.05, 3.63) is 63.6 Å². The number of halogens is 4. The first kappa shape index (κ1) is 33.1. The first-order chi connectivity index (χ1) is 21.4. The molecule has 1 N–H and O–H groups in total. The molecule has 5 rings (SSSR count). The number of nitrogens with one attached hydrogen (secondary N) is 1. The van der Waals surface area contributed by atoms with Crippen LogP contribution in [0.15, 0.2) is 46.9 Å². The molecule has 2 saturated heterocycles. The molecule has 3 heterocycles. The van der Waals surface area contributed by atoms with Crippen molar-refractivity contribution in [2.75, 3.05) is 52.1 Å². The van der Waals surface area contributed by atoms with Crippen LogP contribution in [0, 0.1) is 0 Å². The van der Waals surface area contributed by atoms with Gasteiger partial charge in [0.2, 0.25) is 0 Å². The molecule has 2 fully saturated rings. The number of amides is 4. The zero-order valence-electron chi connectivity index (χ0n) is 25.5. The predicted octanol–water partition coefficient (Wildman–Crippen LogP) is 5.62. The fourth-order valence-corrected chi connectivity index (χ4v) is 7.06. The number of nitrogens with zero attached hydrogens (tertiary/aromatic N) is 4. The molecule has 9 nitrogen and oxygen atoms in total. The Hall–Kier alpha value is -3.32. The Bertz CT molecular complexity index is 1390. The summed E-state index contributed by atoms with van der Waals surface area (Å²) in [6.07, 6.45) is -3.03. The second-order valence-corrected chi connectivity index (χ2v) is 13.0. The minimum absolute atomic E-state index is 0.0525. The topological polar surface area (TPSA) is 85.4 Å². The monoisotopic (exact) mass is 693 g/mol. The molecule has 2 aromatic rings. The molecule has 0 unspecified atom stereocenters. The van der Waals surface area contributed by atoms with Gasteiger partial charge in [0.1, 0.15) is 0 Å². The number of benzene rings is 2. The van der Waals surface area contributed by atoms with Crippen LogP contribution in [0.1, 0.15) is 42.4 Å². The van der Waals surface area contributed by atoms with Gasteiger partial charge in [-0.25, -0.2) is 9.59 Å². The van der Waals surface area contributed by atoms with Gasteiger partial charge in [-0.2, -0.15) is 13.2 Å². The van der Waals surface area contributed by atoms with Gasteiger partial charge >= 0.3 is 18.3 Å². The van der Waals surface area contributed by atoms with Gasteiger partial charge in [0.05, 0.1) is 5.56 Å². The van der Waals surface area contributed by atoms with E-state index in [2.05, 4.69) is 26.1 Å². The Morgan fingerprint density at radius 3 is 2.31 bits per heavy atom. The minimum atomic E-state index is -4.53. The number of piperidine rings is 2. The maximum atomic E-state index is 13.7. The molecule has 0 bridgehead atoms. The number of fused-ring (bicyclic) bond motifs is 1. The average molecular weight is 695 g/mol. The number of hydrogen-bond acceptors (Lipinski definition) is 5. The van der Waals surface area contributed by atoms with Gasteiger partial charge in [-0.15, -0.1) is 0 Å². The number of rotatable bonds is 6. The molecule has 0 spiro atoms. The highest BCUT2D eigenvalue weighted by Crippen LogP contribution is 2.35. The van der Waals surface area contributed by atoms with E-state index in [0.29, 0.717) is 57.2 Å². The molecule has 45 heavy (non-hydrogen) atoms. The predicted molar refractivity (Wildman–Crippen MR) is 167 cm³/mol. The maximum Gasteiger partial charge on any atom is 0.417 e. The molecule has 1 atom stereocenters. The van der Waals surface area contributed by atoms with Crippen LogP contribution in [0.5, 0.6) is 0 Å². The van der Waals surface area contributed by atoms with Gasteiger partial charge in [0.25, 0.3) is 5.91 Å².